The third-order valence-electron chi connectivity index (χ3n) is 3.44. The number of carbonyl (C=O) groups is 2. The Kier molecular flexibility index (Phi) is 3.74. The lowest BCUT2D eigenvalue weighted by Gasteiger charge is -2.03. The van der Waals surface area contributed by atoms with Crippen LogP contribution in [0.1, 0.15) is 22.8 Å². The topological polar surface area (TPSA) is 55.4 Å². The number of para-hydroxylation sites is 1. The molecule has 0 atom stereocenters. The number of fused-ring (bicyclic) bond motifs is 1. The minimum absolute atomic E-state index is 0.204. The van der Waals surface area contributed by atoms with E-state index in [2.05, 4.69) is 5.32 Å². The van der Waals surface area contributed by atoms with Gasteiger partial charge in [0.15, 0.2) is 5.78 Å². The molecule has 0 bridgehead atoms. The molecule has 22 heavy (non-hydrogen) atoms. The summed E-state index contributed by atoms with van der Waals surface area (Å²) in [6.07, 6.45) is 1.39. The van der Waals surface area contributed by atoms with Crippen LogP contribution in [0.3, 0.4) is 0 Å². The van der Waals surface area contributed by atoms with Crippen molar-refractivity contribution in [2.24, 2.45) is 0 Å². The molecule has 0 saturated carbocycles. The van der Waals surface area contributed by atoms with Crippen molar-refractivity contribution >= 4 is 23.0 Å². The van der Waals surface area contributed by atoms with Crippen molar-refractivity contribution in [3.63, 3.8) is 0 Å². The fourth-order valence-corrected chi connectivity index (χ4v) is 2.38. The molecule has 2 aromatic carbocycles. The second-order valence-corrected chi connectivity index (χ2v) is 4.88. The fraction of sp³-hybridized carbons (Fsp3) is 0.111. The van der Waals surface area contributed by atoms with Gasteiger partial charge in [-0.25, -0.2) is 0 Å². The van der Waals surface area contributed by atoms with Crippen LogP contribution in [0.5, 0.6) is 5.75 Å². The van der Waals surface area contributed by atoms with Gasteiger partial charge >= 0.3 is 0 Å². The van der Waals surface area contributed by atoms with Gasteiger partial charge in [0.1, 0.15) is 5.75 Å². The average molecular weight is 293 g/mol. The molecule has 0 spiro atoms. The third-order valence-corrected chi connectivity index (χ3v) is 3.44. The van der Waals surface area contributed by atoms with Crippen LogP contribution in [0.2, 0.25) is 0 Å². The van der Waals surface area contributed by atoms with E-state index in [1.165, 1.54) is 6.08 Å². The average Bonchev–Trinajstić information content (AvgIpc) is 2.84. The summed E-state index contributed by atoms with van der Waals surface area (Å²) in [5, 5.41) is 2.75. The van der Waals surface area contributed by atoms with Crippen molar-refractivity contribution in [3.8, 4) is 5.75 Å². The molecule has 3 rings (SSSR count). The predicted molar refractivity (Wildman–Crippen MR) is 85.0 cm³/mol. The van der Waals surface area contributed by atoms with Crippen LogP contribution in [0.25, 0.3) is 5.57 Å². The van der Waals surface area contributed by atoms with Crippen LogP contribution in [0, 0.1) is 0 Å². The summed E-state index contributed by atoms with van der Waals surface area (Å²) >= 11 is 0. The Morgan fingerprint density at radius 1 is 1.14 bits per heavy atom. The molecule has 1 N–H and O–H groups in total. The molecule has 0 unspecified atom stereocenters. The number of anilines is 1. The molecule has 0 radical (unpaired) electrons. The van der Waals surface area contributed by atoms with E-state index in [9.17, 15) is 9.59 Å². The molecule has 110 valence electrons. The van der Waals surface area contributed by atoms with Crippen LogP contribution >= 0.6 is 0 Å². The standard InChI is InChI=1S/C18H15NO3/c1-2-22-13-9-7-12(8-10-13)17(20)11-15-14-5-3-4-6-16(14)19-18(15)21/h3-11H,2H2,1H3,(H,19,21). The quantitative estimate of drug-likeness (QED) is 0.695. The fourth-order valence-electron chi connectivity index (χ4n) is 2.38. The van der Waals surface area contributed by atoms with E-state index < -0.39 is 0 Å². The van der Waals surface area contributed by atoms with Crippen molar-refractivity contribution < 1.29 is 14.3 Å². The van der Waals surface area contributed by atoms with Gasteiger partial charge in [0.25, 0.3) is 5.91 Å². The zero-order valence-corrected chi connectivity index (χ0v) is 12.1. The third kappa shape index (κ3) is 2.63. The maximum absolute atomic E-state index is 12.3. The number of rotatable bonds is 4. The monoisotopic (exact) mass is 293 g/mol. The minimum atomic E-state index is -0.250. The number of benzene rings is 2. The second kappa shape index (κ2) is 5.85. The van der Waals surface area contributed by atoms with Gasteiger partial charge in [-0.15, -0.1) is 0 Å². The molecule has 0 aromatic heterocycles. The van der Waals surface area contributed by atoms with Crippen LogP contribution in [-0.2, 0) is 4.79 Å². The number of carbonyl (C=O) groups excluding carboxylic acids is 2. The zero-order valence-electron chi connectivity index (χ0n) is 12.1. The molecule has 0 aliphatic carbocycles. The van der Waals surface area contributed by atoms with E-state index in [1.54, 1.807) is 24.3 Å². The van der Waals surface area contributed by atoms with E-state index in [-0.39, 0.29) is 11.7 Å². The summed E-state index contributed by atoms with van der Waals surface area (Å²) in [6, 6.07) is 14.2. The molecule has 0 fully saturated rings. The number of nitrogens with one attached hydrogen (secondary N) is 1. The van der Waals surface area contributed by atoms with Crippen molar-refractivity contribution in [1.29, 1.82) is 0 Å². The number of amides is 1. The Balaban J connectivity index is 1.88. The molecule has 1 aliphatic rings. The van der Waals surface area contributed by atoms with Gasteiger partial charge in [-0.3, -0.25) is 9.59 Å². The highest BCUT2D eigenvalue weighted by atomic mass is 16.5. The predicted octanol–water partition coefficient (Wildman–Crippen LogP) is 3.30. The summed E-state index contributed by atoms with van der Waals surface area (Å²) in [6.45, 7) is 2.48. The van der Waals surface area contributed by atoms with E-state index in [0.29, 0.717) is 17.7 Å². The number of hydrogen-bond donors (Lipinski definition) is 1. The van der Waals surface area contributed by atoms with Crippen molar-refractivity contribution in [2.75, 3.05) is 11.9 Å². The van der Waals surface area contributed by atoms with Gasteiger partial charge < -0.3 is 10.1 Å². The molecular weight excluding hydrogens is 278 g/mol. The Morgan fingerprint density at radius 2 is 1.86 bits per heavy atom. The number of ketones is 1. The molecule has 4 nitrogen and oxygen atoms in total. The lowest BCUT2D eigenvalue weighted by atomic mass is 10.0. The first-order chi connectivity index (χ1) is 10.7. The van der Waals surface area contributed by atoms with Gasteiger partial charge in [-0.05, 0) is 43.3 Å². The van der Waals surface area contributed by atoms with Crippen LogP contribution in [-0.4, -0.2) is 18.3 Å². The highest BCUT2D eigenvalue weighted by Crippen LogP contribution is 2.31. The molecule has 1 aliphatic heterocycles. The van der Waals surface area contributed by atoms with Gasteiger partial charge in [0, 0.05) is 16.8 Å². The molecule has 2 aromatic rings. The van der Waals surface area contributed by atoms with E-state index in [4.69, 9.17) is 4.74 Å². The second-order valence-electron chi connectivity index (χ2n) is 4.88. The van der Waals surface area contributed by atoms with Gasteiger partial charge in [-0.1, -0.05) is 18.2 Å². The van der Waals surface area contributed by atoms with E-state index in [0.717, 1.165) is 17.0 Å². The number of ether oxygens (including phenoxy) is 1. The largest absolute Gasteiger partial charge is 0.494 e. The normalized spacial score (nSPS) is 14.6. The smallest absolute Gasteiger partial charge is 0.256 e. The lowest BCUT2D eigenvalue weighted by molar-refractivity contribution is -0.110. The summed E-state index contributed by atoms with van der Waals surface area (Å²) in [5.41, 5.74) is 2.41. The van der Waals surface area contributed by atoms with E-state index in [1.807, 2.05) is 31.2 Å². The minimum Gasteiger partial charge on any atom is -0.494 e. The molecule has 1 amide bonds. The maximum atomic E-state index is 12.3. The zero-order chi connectivity index (χ0) is 15.5. The SMILES string of the molecule is CCOc1ccc(C(=O)C=C2C(=O)Nc3ccccc32)cc1. The first-order valence-corrected chi connectivity index (χ1v) is 7.08. The molecule has 0 saturated heterocycles. The van der Waals surface area contributed by atoms with Gasteiger partial charge in [-0.2, -0.15) is 0 Å². The number of allylic oxidation sites excluding steroid dienone is 1. The highest BCUT2D eigenvalue weighted by molar-refractivity contribution is 6.35. The Labute approximate surface area is 128 Å². The summed E-state index contributed by atoms with van der Waals surface area (Å²) in [7, 11) is 0. The van der Waals surface area contributed by atoms with Crippen LogP contribution in [0.15, 0.2) is 54.6 Å². The van der Waals surface area contributed by atoms with Crippen LogP contribution in [0.4, 0.5) is 5.69 Å². The van der Waals surface area contributed by atoms with E-state index >= 15 is 0 Å². The van der Waals surface area contributed by atoms with Crippen molar-refractivity contribution in [3.05, 3.63) is 65.7 Å². The van der Waals surface area contributed by atoms with Gasteiger partial charge in [0.05, 0.1) is 12.2 Å². The molecule has 4 heteroatoms. The van der Waals surface area contributed by atoms with Crippen molar-refractivity contribution in [2.45, 2.75) is 6.92 Å². The van der Waals surface area contributed by atoms with Crippen molar-refractivity contribution in [1.82, 2.24) is 0 Å². The summed E-state index contributed by atoms with van der Waals surface area (Å²) in [5.74, 6) is 0.265. The summed E-state index contributed by atoms with van der Waals surface area (Å²) < 4.78 is 5.35. The first kappa shape index (κ1) is 14.1. The molecule has 1 heterocycles. The van der Waals surface area contributed by atoms with Gasteiger partial charge in [0.2, 0.25) is 0 Å². The Hall–Kier alpha value is -2.88. The summed E-state index contributed by atoms with van der Waals surface area (Å²) in [4.78, 5) is 24.3. The van der Waals surface area contributed by atoms with Crippen LogP contribution < -0.4 is 10.1 Å². The molecular formula is C18H15NO3. The maximum Gasteiger partial charge on any atom is 0.256 e. The number of hydrogen-bond acceptors (Lipinski definition) is 3. The highest BCUT2D eigenvalue weighted by Gasteiger charge is 2.24. The first-order valence-electron chi connectivity index (χ1n) is 7.08. The Bertz CT molecular complexity index is 760. The lowest BCUT2D eigenvalue weighted by Crippen LogP contribution is -2.06. The Morgan fingerprint density at radius 3 is 2.59 bits per heavy atom.